The van der Waals surface area contributed by atoms with Crippen LogP contribution in [0.4, 0.5) is 4.39 Å². The molecule has 1 amide bonds. The van der Waals surface area contributed by atoms with Crippen molar-refractivity contribution >= 4 is 17.2 Å². The van der Waals surface area contributed by atoms with Gasteiger partial charge in [0.25, 0.3) is 0 Å². The molecule has 1 N–H and O–H groups in total. The van der Waals surface area contributed by atoms with Crippen molar-refractivity contribution in [2.45, 2.75) is 13.5 Å². The van der Waals surface area contributed by atoms with E-state index in [1.54, 1.807) is 12.1 Å². The summed E-state index contributed by atoms with van der Waals surface area (Å²) >= 11 is 1.47. The summed E-state index contributed by atoms with van der Waals surface area (Å²) in [7, 11) is 0. The van der Waals surface area contributed by atoms with Gasteiger partial charge in [-0.2, -0.15) is 0 Å². The van der Waals surface area contributed by atoms with Crippen LogP contribution < -0.4 is 5.32 Å². The van der Waals surface area contributed by atoms with Crippen LogP contribution in [0, 0.1) is 5.82 Å². The van der Waals surface area contributed by atoms with Crippen LogP contribution in [0.2, 0.25) is 0 Å². The SMILES string of the molecule is CC(=O)NCc1ccc(-c2csc(-c3ccc(F)cc3)n2)o1. The Bertz CT molecular complexity index is 793. The number of nitrogens with one attached hydrogen (secondary N) is 1. The highest BCUT2D eigenvalue weighted by atomic mass is 32.1. The van der Waals surface area contributed by atoms with Crippen molar-refractivity contribution < 1.29 is 13.6 Å². The summed E-state index contributed by atoms with van der Waals surface area (Å²) in [5.41, 5.74) is 1.58. The minimum Gasteiger partial charge on any atom is -0.458 e. The van der Waals surface area contributed by atoms with E-state index in [2.05, 4.69) is 10.3 Å². The third-order valence-electron chi connectivity index (χ3n) is 3.02. The van der Waals surface area contributed by atoms with Crippen LogP contribution in [0.25, 0.3) is 22.0 Å². The molecule has 0 radical (unpaired) electrons. The first-order chi connectivity index (χ1) is 10.6. The third-order valence-corrected chi connectivity index (χ3v) is 3.91. The highest BCUT2D eigenvalue weighted by Gasteiger charge is 2.10. The maximum atomic E-state index is 12.9. The Morgan fingerprint density at radius 1 is 1.27 bits per heavy atom. The second-order valence-corrected chi connectivity index (χ2v) is 5.58. The lowest BCUT2D eigenvalue weighted by Gasteiger charge is -1.97. The second-order valence-electron chi connectivity index (χ2n) is 4.72. The predicted octanol–water partition coefficient (Wildman–Crippen LogP) is 3.85. The molecule has 2 heterocycles. The van der Waals surface area contributed by atoms with Gasteiger partial charge >= 0.3 is 0 Å². The molecule has 0 atom stereocenters. The average molecular weight is 316 g/mol. The number of carbonyl (C=O) groups is 1. The fraction of sp³-hybridized carbons (Fsp3) is 0.125. The molecule has 112 valence electrons. The maximum Gasteiger partial charge on any atom is 0.217 e. The standard InChI is InChI=1S/C16H13FN2O2S/c1-10(20)18-8-13-6-7-15(21-13)14-9-22-16(19-14)11-2-4-12(17)5-3-11/h2-7,9H,8H2,1H3,(H,18,20). The van der Waals surface area contributed by atoms with Gasteiger partial charge in [-0.05, 0) is 36.4 Å². The zero-order chi connectivity index (χ0) is 15.5. The number of amides is 1. The summed E-state index contributed by atoms with van der Waals surface area (Å²) in [6, 6.07) is 9.84. The molecule has 0 bridgehead atoms. The zero-order valence-corrected chi connectivity index (χ0v) is 12.6. The quantitative estimate of drug-likeness (QED) is 0.795. The van der Waals surface area contributed by atoms with Crippen LogP contribution in [-0.4, -0.2) is 10.9 Å². The lowest BCUT2D eigenvalue weighted by molar-refractivity contribution is -0.119. The fourth-order valence-electron chi connectivity index (χ4n) is 1.93. The van der Waals surface area contributed by atoms with Crippen molar-refractivity contribution in [2.24, 2.45) is 0 Å². The Kier molecular flexibility index (Phi) is 4.02. The highest BCUT2D eigenvalue weighted by molar-refractivity contribution is 7.13. The van der Waals surface area contributed by atoms with Crippen molar-refractivity contribution in [1.29, 1.82) is 0 Å². The molecule has 0 spiro atoms. The number of benzene rings is 1. The average Bonchev–Trinajstić information content (AvgIpc) is 3.15. The summed E-state index contributed by atoms with van der Waals surface area (Å²) in [5, 5.41) is 5.37. The van der Waals surface area contributed by atoms with Crippen LogP contribution in [0.3, 0.4) is 0 Å². The zero-order valence-electron chi connectivity index (χ0n) is 11.8. The van der Waals surface area contributed by atoms with Gasteiger partial charge in [0, 0.05) is 17.9 Å². The molecule has 6 heteroatoms. The Hall–Kier alpha value is -2.47. The molecule has 1 aromatic carbocycles. The van der Waals surface area contributed by atoms with Gasteiger partial charge < -0.3 is 9.73 Å². The Labute approximate surface area is 130 Å². The van der Waals surface area contributed by atoms with Gasteiger partial charge in [-0.25, -0.2) is 9.37 Å². The van der Waals surface area contributed by atoms with E-state index in [0.717, 1.165) is 16.3 Å². The molecule has 0 unspecified atom stereocenters. The van der Waals surface area contributed by atoms with E-state index < -0.39 is 0 Å². The van der Waals surface area contributed by atoms with Crippen molar-refractivity contribution in [1.82, 2.24) is 10.3 Å². The van der Waals surface area contributed by atoms with Gasteiger partial charge in [0.15, 0.2) is 5.76 Å². The monoisotopic (exact) mass is 316 g/mol. The first kappa shape index (κ1) is 14.5. The largest absolute Gasteiger partial charge is 0.458 e. The first-order valence-electron chi connectivity index (χ1n) is 6.67. The Morgan fingerprint density at radius 3 is 2.77 bits per heavy atom. The number of rotatable bonds is 4. The van der Waals surface area contributed by atoms with E-state index in [1.165, 1.54) is 30.4 Å². The van der Waals surface area contributed by atoms with Gasteiger partial charge in [0.05, 0.1) is 6.54 Å². The number of halogens is 1. The minimum atomic E-state index is -0.269. The van der Waals surface area contributed by atoms with Crippen molar-refractivity contribution in [3.63, 3.8) is 0 Å². The minimum absolute atomic E-state index is 0.106. The number of thiazole rings is 1. The van der Waals surface area contributed by atoms with E-state index in [0.29, 0.717) is 18.1 Å². The van der Waals surface area contributed by atoms with Gasteiger partial charge in [-0.15, -0.1) is 11.3 Å². The predicted molar refractivity (Wildman–Crippen MR) is 82.7 cm³/mol. The fourth-order valence-corrected chi connectivity index (χ4v) is 2.75. The molecular formula is C16H13FN2O2S. The Balaban J connectivity index is 1.79. The van der Waals surface area contributed by atoms with Crippen molar-refractivity contribution in [3.8, 4) is 22.0 Å². The summed E-state index contributed by atoms with van der Waals surface area (Å²) in [5.74, 6) is 0.936. The lowest BCUT2D eigenvalue weighted by Crippen LogP contribution is -2.18. The van der Waals surface area contributed by atoms with E-state index in [1.807, 2.05) is 17.5 Å². The summed E-state index contributed by atoms with van der Waals surface area (Å²) in [4.78, 5) is 15.4. The van der Waals surface area contributed by atoms with E-state index >= 15 is 0 Å². The van der Waals surface area contributed by atoms with Crippen LogP contribution in [-0.2, 0) is 11.3 Å². The third kappa shape index (κ3) is 3.23. The first-order valence-corrected chi connectivity index (χ1v) is 7.55. The van der Waals surface area contributed by atoms with Crippen LogP contribution in [0.5, 0.6) is 0 Å². The number of nitrogens with zero attached hydrogens (tertiary/aromatic N) is 1. The highest BCUT2D eigenvalue weighted by Crippen LogP contribution is 2.29. The summed E-state index contributed by atoms with van der Waals surface area (Å²) in [6.07, 6.45) is 0. The van der Waals surface area contributed by atoms with Crippen LogP contribution in [0.15, 0.2) is 46.2 Å². The van der Waals surface area contributed by atoms with Gasteiger partial charge in [-0.1, -0.05) is 0 Å². The summed E-state index contributed by atoms with van der Waals surface area (Å²) in [6.45, 7) is 1.81. The second kappa shape index (κ2) is 6.11. The van der Waals surface area contributed by atoms with E-state index in [9.17, 15) is 9.18 Å². The molecule has 0 aliphatic rings. The van der Waals surface area contributed by atoms with Crippen LogP contribution >= 0.6 is 11.3 Å². The maximum absolute atomic E-state index is 12.9. The molecule has 0 aliphatic carbocycles. The molecule has 3 aromatic rings. The molecule has 0 aliphatic heterocycles. The van der Waals surface area contributed by atoms with Gasteiger partial charge in [0.2, 0.25) is 5.91 Å². The number of hydrogen-bond donors (Lipinski definition) is 1. The number of aromatic nitrogens is 1. The van der Waals surface area contributed by atoms with Crippen molar-refractivity contribution in [2.75, 3.05) is 0 Å². The van der Waals surface area contributed by atoms with Gasteiger partial charge in [-0.3, -0.25) is 4.79 Å². The molecule has 2 aromatic heterocycles. The Morgan fingerprint density at radius 2 is 2.05 bits per heavy atom. The normalized spacial score (nSPS) is 10.6. The van der Waals surface area contributed by atoms with Crippen molar-refractivity contribution in [3.05, 3.63) is 53.4 Å². The number of carbonyl (C=O) groups excluding carboxylic acids is 1. The summed E-state index contributed by atoms with van der Waals surface area (Å²) < 4.78 is 18.6. The lowest BCUT2D eigenvalue weighted by atomic mass is 10.2. The topological polar surface area (TPSA) is 55.1 Å². The van der Waals surface area contributed by atoms with Gasteiger partial charge in [0.1, 0.15) is 22.3 Å². The molecule has 0 saturated carbocycles. The molecular weight excluding hydrogens is 303 g/mol. The number of furan rings is 1. The molecule has 22 heavy (non-hydrogen) atoms. The molecule has 3 rings (SSSR count). The smallest absolute Gasteiger partial charge is 0.217 e. The van der Waals surface area contributed by atoms with E-state index in [-0.39, 0.29) is 11.7 Å². The molecule has 0 saturated heterocycles. The van der Waals surface area contributed by atoms with Crippen LogP contribution in [0.1, 0.15) is 12.7 Å². The number of hydrogen-bond acceptors (Lipinski definition) is 4. The molecule has 4 nitrogen and oxygen atoms in total. The van der Waals surface area contributed by atoms with E-state index in [4.69, 9.17) is 4.42 Å². The molecule has 0 fully saturated rings.